The summed E-state index contributed by atoms with van der Waals surface area (Å²) in [5.74, 6) is -0.481. The maximum atomic E-state index is 12.5. The van der Waals surface area contributed by atoms with Crippen LogP contribution in [0.2, 0.25) is 0 Å². The number of hydrogen-bond donors (Lipinski definition) is 1. The third kappa shape index (κ3) is 4.01. The minimum absolute atomic E-state index is 0.0670. The molecule has 0 spiro atoms. The van der Waals surface area contributed by atoms with Gasteiger partial charge in [0.1, 0.15) is 5.69 Å². The van der Waals surface area contributed by atoms with E-state index in [9.17, 15) is 9.59 Å². The molecule has 25 heavy (non-hydrogen) atoms. The van der Waals surface area contributed by atoms with Crippen molar-refractivity contribution in [3.8, 4) is 6.07 Å². The number of carbonyl (C=O) groups is 2. The van der Waals surface area contributed by atoms with Gasteiger partial charge in [0.05, 0.1) is 11.6 Å². The third-order valence-corrected chi connectivity index (χ3v) is 4.13. The molecule has 2 amide bonds. The van der Waals surface area contributed by atoms with E-state index in [0.717, 1.165) is 32.4 Å². The summed E-state index contributed by atoms with van der Waals surface area (Å²) in [4.78, 5) is 30.8. The van der Waals surface area contributed by atoms with Crippen LogP contribution in [0.1, 0.15) is 45.7 Å². The number of nitrogens with one attached hydrogen (secondary N) is 1. The van der Waals surface area contributed by atoms with E-state index in [1.54, 1.807) is 30.3 Å². The van der Waals surface area contributed by atoms with Crippen molar-refractivity contribution in [1.29, 1.82) is 5.26 Å². The molecule has 2 heterocycles. The second kappa shape index (κ2) is 7.58. The zero-order chi connectivity index (χ0) is 17.6. The first-order valence-corrected chi connectivity index (χ1v) is 8.24. The topological polar surface area (TPSA) is 86.1 Å². The summed E-state index contributed by atoms with van der Waals surface area (Å²) in [5, 5.41) is 11.6. The fourth-order valence-corrected chi connectivity index (χ4v) is 2.83. The van der Waals surface area contributed by atoms with E-state index in [2.05, 4.69) is 10.3 Å². The number of nitriles is 1. The van der Waals surface area contributed by atoms with Crippen molar-refractivity contribution in [3.63, 3.8) is 0 Å². The van der Waals surface area contributed by atoms with Gasteiger partial charge in [-0.2, -0.15) is 5.26 Å². The Kier molecular flexibility index (Phi) is 5.05. The molecular formula is C19H18N4O2. The lowest BCUT2D eigenvalue weighted by atomic mass is 10.1. The molecule has 1 aliphatic heterocycles. The Balaban J connectivity index is 1.75. The third-order valence-electron chi connectivity index (χ3n) is 4.13. The SMILES string of the molecule is N#Cc1cccc(NC(=O)c2cc(C(=O)N3CCCCC3)ccn2)c1. The fourth-order valence-electron chi connectivity index (χ4n) is 2.83. The Morgan fingerprint density at radius 1 is 1.12 bits per heavy atom. The summed E-state index contributed by atoms with van der Waals surface area (Å²) in [7, 11) is 0. The van der Waals surface area contributed by atoms with Gasteiger partial charge in [-0.25, -0.2) is 0 Å². The number of likely N-dealkylation sites (tertiary alicyclic amines) is 1. The van der Waals surface area contributed by atoms with Gasteiger partial charge in [-0.05, 0) is 49.6 Å². The van der Waals surface area contributed by atoms with Gasteiger partial charge in [0, 0.05) is 30.5 Å². The first-order chi connectivity index (χ1) is 12.2. The molecule has 1 aliphatic rings. The second-order valence-electron chi connectivity index (χ2n) is 5.93. The van der Waals surface area contributed by atoms with Gasteiger partial charge in [-0.3, -0.25) is 14.6 Å². The second-order valence-corrected chi connectivity index (χ2v) is 5.93. The first-order valence-electron chi connectivity index (χ1n) is 8.24. The Bertz CT molecular complexity index is 835. The molecule has 6 nitrogen and oxygen atoms in total. The van der Waals surface area contributed by atoms with Crippen molar-refractivity contribution in [2.24, 2.45) is 0 Å². The molecule has 0 saturated carbocycles. The summed E-state index contributed by atoms with van der Waals surface area (Å²) < 4.78 is 0. The zero-order valence-corrected chi connectivity index (χ0v) is 13.7. The number of nitrogens with zero attached hydrogens (tertiary/aromatic N) is 3. The van der Waals surface area contributed by atoms with Crippen LogP contribution in [0.3, 0.4) is 0 Å². The summed E-state index contributed by atoms with van der Waals surface area (Å²) in [6, 6.07) is 11.8. The lowest BCUT2D eigenvalue weighted by Crippen LogP contribution is -2.35. The van der Waals surface area contributed by atoms with Crippen LogP contribution in [-0.4, -0.2) is 34.8 Å². The minimum atomic E-state index is -0.414. The predicted molar refractivity (Wildman–Crippen MR) is 93.1 cm³/mol. The average Bonchev–Trinajstić information content (AvgIpc) is 2.68. The Labute approximate surface area is 146 Å². The number of rotatable bonds is 3. The van der Waals surface area contributed by atoms with Crippen LogP contribution in [0, 0.1) is 11.3 Å². The number of pyridine rings is 1. The molecule has 2 aromatic rings. The van der Waals surface area contributed by atoms with Crippen LogP contribution < -0.4 is 5.32 Å². The standard InChI is InChI=1S/C19H18N4O2/c20-13-14-5-4-6-16(11-14)22-18(24)17-12-15(7-8-21-17)19(25)23-9-2-1-3-10-23/h4-8,11-12H,1-3,9-10H2,(H,22,24). The number of amides is 2. The Hall–Kier alpha value is -3.20. The van der Waals surface area contributed by atoms with E-state index in [0.29, 0.717) is 16.8 Å². The van der Waals surface area contributed by atoms with Gasteiger partial charge in [-0.15, -0.1) is 0 Å². The van der Waals surface area contributed by atoms with Gasteiger partial charge in [0.2, 0.25) is 0 Å². The highest BCUT2D eigenvalue weighted by Crippen LogP contribution is 2.15. The van der Waals surface area contributed by atoms with Gasteiger partial charge in [-0.1, -0.05) is 6.07 Å². The van der Waals surface area contributed by atoms with Crippen molar-refractivity contribution in [1.82, 2.24) is 9.88 Å². The van der Waals surface area contributed by atoms with Crippen molar-refractivity contribution >= 4 is 17.5 Å². The van der Waals surface area contributed by atoms with Crippen LogP contribution >= 0.6 is 0 Å². The molecule has 1 fully saturated rings. The van der Waals surface area contributed by atoms with E-state index >= 15 is 0 Å². The van der Waals surface area contributed by atoms with Crippen molar-refractivity contribution < 1.29 is 9.59 Å². The molecule has 0 aliphatic carbocycles. The number of aromatic nitrogens is 1. The number of hydrogen-bond acceptors (Lipinski definition) is 4. The van der Waals surface area contributed by atoms with E-state index in [1.165, 1.54) is 12.3 Å². The van der Waals surface area contributed by atoms with E-state index in [4.69, 9.17) is 5.26 Å². The van der Waals surface area contributed by atoms with Crippen molar-refractivity contribution in [3.05, 3.63) is 59.4 Å². The Morgan fingerprint density at radius 2 is 1.92 bits per heavy atom. The maximum Gasteiger partial charge on any atom is 0.274 e. The lowest BCUT2D eigenvalue weighted by molar-refractivity contribution is 0.0724. The molecule has 1 aromatic heterocycles. The van der Waals surface area contributed by atoms with Crippen LogP contribution in [-0.2, 0) is 0 Å². The molecule has 1 saturated heterocycles. The van der Waals surface area contributed by atoms with E-state index in [1.807, 2.05) is 11.0 Å². The molecule has 0 bridgehead atoms. The predicted octanol–water partition coefficient (Wildman–Crippen LogP) is 2.83. The molecule has 0 radical (unpaired) electrons. The smallest absolute Gasteiger partial charge is 0.274 e. The molecule has 0 unspecified atom stereocenters. The van der Waals surface area contributed by atoms with Crippen molar-refractivity contribution in [2.75, 3.05) is 18.4 Å². The molecular weight excluding hydrogens is 316 g/mol. The summed E-state index contributed by atoms with van der Waals surface area (Å²) in [6.07, 6.45) is 4.64. The fraction of sp³-hybridized carbons (Fsp3) is 0.263. The van der Waals surface area contributed by atoms with Gasteiger partial charge in [0.15, 0.2) is 0 Å². The number of piperidine rings is 1. The summed E-state index contributed by atoms with van der Waals surface area (Å²) in [6.45, 7) is 1.51. The highest BCUT2D eigenvalue weighted by Gasteiger charge is 2.19. The van der Waals surface area contributed by atoms with Crippen LogP contribution in [0.15, 0.2) is 42.6 Å². The van der Waals surface area contributed by atoms with Crippen LogP contribution in [0.4, 0.5) is 5.69 Å². The first kappa shape index (κ1) is 16.7. The van der Waals surface area contributed by atoms with Gasteiger partial charge < -0.3 is 10.2 Å². The molecule has 126 valence electrons. The zero-order valence-electron chi connectivity index (χ0n) is 13.7. The van der Waals surface area contributed by atoms with Crippen molar-refractivity contribution in [2.45, 2.75) is 19.3 Å². The molecule has 3 rings (SSSR count). The van der Waals surface area contributed by atoms with Gasteiger partial charge in [0.25, 0.3) is 11.8 Å². The van der Waals surface area contributed by atoms with Crippen LogP contribution in [0.5, 0.6) is 0 Å². The molecule has 1 N–H and O–H groups in total. The molecule has 1 aromatic carbocycles. The number of carbonyl (C=O) groups excluding carboxylic acids is 2. The average molecular weight is 334 g/mol. The lowest BCUT2D eigenvalue weighted by Gasteiger charge is -2.26. The van der Waals surface area contributed by atoms with E-state index < -0.39 is 5.91 Å². The number of anilines is 1. The highest BCUT2D eigenvalue weighted by atomic mass is 16.2. The molecule has 6 heteroatoms. The quantitative estimate of drug-likeness (QED) is 0.935. The highest BCUT2D eigenvalue weighted by molar-refractivity contribution is 6.04. The number of benzene rings is 1. The molecule has 0 atom stereocenters. The summed E-state index contributed by atoms with van der Waals surface area (Å²) >= 11 is 0. The van der Waals surface area contributed by atoms with Gasteiger partial charge >= 0.3 is 0 Å². The normalized spacial score (nSPS) is 13.8. The Morgan fingerprint density at radius 3 is 2.68 bits per heavy atom. The van der Waals surface area contributed by atoms with E-state index in [-0.39, 0.29) is 11.6 Å². The summed E-state index contributed by atoms with van der Waals surface area (Å²) in [5.41, 5.74) is 1.61. The largest absolute Gasteiger partial charge is 0.339 e. The monoisotopic (exact) mass is 334 g/mol. The minimum Gasteiger partial charge on any atom is -0.339 e. The van der Waals surface area contributed by atoms with Crippen LogP contribution in [0.25, 0.3) is 0 Å². The maximum absolute atomic E-state index is 12.5.